The number of aliphatic hydroxyl groups is 2. The van der Waals surface area contributed by atoms with Crippen LogP contribution in [0.2, 0.25) is 0 Å². The van der Waals surface area contributed by atoms with Crippen molar-refractivity contribution < 1.29 is 24.5 Å². The maximum atomic E-state index is 11.7. The fourth-order valence-electron chi connectivity index (χ4n) is 3.75. The standard InChI is InChI=1S/C11H16O3.C9H16O2/c1-5-14-10(13)8-9(12)7(2)6-11(8,3)4;1-6-4-9(2,3)7(5-10)8(6)11/h6,8H,5H2,1-4H3;4,7-8,10-11H,5H2,1-3H3/t;7-,8-/m.1/s1. The van der Waals surface area contributed by atoms with Gasteiger partial charge in [0.2, 0.25) is 0 Å². The van der Waals surface area contributed by atoms with Crippen LogP contribution in [-0.4, -0.2) is 41.3 Å². The molecular weight excluding hydrogens is 320 g/mol. The smallest absolute Gasteiger partial charge is 0.317 e. The Hall–Kier alpha value is -1.46. The Balaban J connectivity index is 0.000000257. The predicted molar refractivity (Wildman–Crippen MR) is 96.8 cm³/mol. The van der Waals surface area contributed by atoms with Crippen molar-refractivity contribution in [2.24, 2.45) is 22.7 Å². The molecule has 0 aliphatic heterocycles. The summed E-state index contributed by atoms with van der Waals surface area (Å²) in [7, 11) is 0. The molecule has 0 aromatic heterocycles. The molecule has 0 fully saturated rings. The fourth-order valence-corrected chi connectivity index (χ4v) is 3.75. The second-order valence-corrected chi connectivity index (χ2v) is 8.14. The number of hydrogen-bond acceptors (Lipinski definition) is 5. The highest BCUT2D eigenvalue weighted by Gasteiger charge is 2.45. The molecule has 0 radical (unpaired) electrons. The summed E-state index contributed by atoms with van der Waals surface area (Å²) >= 11 is 0. The molecular formula is C20H32O5. The van der Waals surface area contributed by atoms with Crippen LogP contribution in [0.25, 0.3) is 0 Å². The number of esters is 1. The molecule has 0 bridgehead atoms. The summed E-state index contributed by atoms with van der Waals surface area (Å²) < 4.78 is 4.89. The molecule has 5 heteroatoms. The summed E-state index contributed by atoms with van der Waals surface area (Å²) in [6.07, 6.45) is 3.44. The maximum absolute atomic E-state index is 11.7. The van der Waals surface area contributed by atoms with Gasteiger partial charge in [0.1, 0.15) is 5.92 Å². The average Bonchev–Trinajstić information content (AvgIpc) is 2.79. The molecule has 142 valence electrons. The third-order valence-corrected chi connectivity index (χ3v) is 5.11. The van der Waals surface area contributed by atoms with Gasteiger partial charge in [-0.1, -0.05) is 39.8 Å². The first-order valence-electron chi connectivity index (χ1n) is 8.77. The van der Waals surface area contributed by atoms with Crippen molar-refractivity contribution in [1.29, 1.82) is 0 Å². The maximum Gasteiger partial charge on any atom is 0.317 e. The number of aliphatic hydroxyl groups excluding tert-OH is 2. The highest BCUT2D eigenvalue weighted by molar-refractivity contribution is 6.11. The van der Waals surface area contributed by atoms with Crippen molar-refractivity contribution in [3.8, 4) is 0 Å². The zero-order valence-corrected chi connectivity index (χ0v) is 16.4. The number of ether oxygens (including phenoxy) is 1. The average molecular weight is 352 g/mol. The van der Waals surface area contributed by atoms with Crippen molar-refractivity contribution in [2.45, 2.75) is 54.6 Å². The summed E-state index contributed by atoms with van der Waals surface area (Å²) in [4.78, 5) is 23.2. The first kappa shape index (κ1) is 21.6. The van der Waals surface area contributed by atoms with Crippen LogP contribution < -0.4 is 0 Å². The van der Waals surface area contributed by atoms with Crippen LogP contribution in [0.3, 0.4) is 0 Å². The molecule has 0 amide bonds. The SMILES string of the molecule is CC1=CC(C)(C)[C@H](CO)[C@@H]1O.CCOC(=O)C1C(=O)C(C)=CC1(C)C. The normalized spacial score (nSPS) is 29.5. The highest BCUT2D eigenvalue weighted by Crippen LogP contribution is 2.40. The molecule has 0 saturated heterocycles. The number of Topliss-reactive ketones (excluding diaryl/α,β-unsaturated/α-hetero) is 1. The van der Waals surface area contributed by atoms with Gasteiger partial charge in [0.15, 0.2) is 5.78 Å². The summed E-state index contributed by atoms with van der Waals surface area (Å²) in [5.41, 5.74) is 1.17. The molecule has 1 unspecified atom stereocenters. The molecule has 5 nitrogen and oxygen atoms in total. The Labute approximate surface area is 150 Å². The van der Waals surface area contributed by atoms with Crippen molar-refractivity contribution >= 4 is 11.8 Å². The topological polar surface area (TPSA) is 83.8 Å². The summed E-state index contributed by atoms with van der Waals surface area (Å²) in [5.74, 6) is -1.19. The minimum absolute atomic E-state index is 0.0255. The zero-order valence-electron chi connectivity index (χ0n) is 16.4. The fraction of sp³-hybridized carbons (Fsp3) is 0.700. The Morgan fingerprint density at radius 2 is 1.72 bits per heavy atom. The lowest BCUT2D eigenvalue weighted by Crippen LogP contribution is -2.33. The van der Waals surface area contributed by atoms with E-state index in [0.717, 1.165) is 5.57 Å². The minimum atomic E-state index is -0.651. The minimum Gasteiger partial charge on any atom is -0.465 e. The molecule has 0 spiro atoms. The zero-order chi connectivity index (χ0) is 19.6. The first-order chi connectivity index (χ1) is 11.4. The largest absolute Gasteiger partial charge is 0.465 e. The van der Waals surface area contributed by atoms with Crippen molar-refractivity contribution in [3.63, 3.8) is 0 Å². The van der Waals surface area contributed by atoms with Crippen LogP contribution in [0.1, 0.15) is 48.5 Å². The van der Waals surface area contributed by atoms with Gasteiger partial charge >= 0.3 is 5.97 Å². The van der Waals surface area contributed by atoms with Crippen molar-refractivity contribution in [1.82, 2.24) is 0 Å². The Bertz CT molecular complexity index is 583. The molecule has 3 atom stereocenters. The highest BCUT2D eigenvalue weighted by atomic mass is 16.5. The number of carbonyl (C=O) groups excluding carboxylic acids is 2. The van der Waals surface area contributed by atoms with E-state index in [2.05, 4.69) is 0 Å². The molecule has 2 rings (SSSR count). The van der Waals surface area contributed by atoms with E-state index in [1.165, 1.54) is 0 Å². The first-order valence-corrected chi connectivity index (χ1v) is 8.77. The second-order valence-electron chi connectivity index (χ2n) is 8.14. The van der Waals surface area contributed by atoms with E-state index >= 15 is 0 Å². The van der Waals surface area contributed by atoms with E-state index in [1.54, 1.807) is 13.8 Å². The van der Waals surface area contributed by atoms with Gasteiger partial charge in [-0.25, -0.2) is 0 Å². The lowest BCUT2D eigenvalue weighted by molar-refractivity contribution is -0.153. The third kappa shape index (κ3) is 4.59. The van der Waals surface area contributed by atoms with E-state index in [-0.39, 0.29) is 23.7 Å². The van der Waals surface area contributed by atoms with Gasteiger partial charge in [-0.05, 0) is 37.3 Å². The van der Waals surface area contributed by atoms with Crippen LogP contribution in [0.5, 0.6) is 0 Å². The number of ketones is 1. The Morgan fingerprint density at radius 3 is 2.00 bits per heavy atom. The Morgan fingerprint density at radius 1 is 1.16 bits per heavy atom. The lowest BCUT2D eigenvalue weighted by atomic mass is 9.81. The van der Waals surface area contributed by atoms with Gasteiger partial charge in [-0.15, -0.1) is 0 Å². The van der Waals surface area contributed by atoms with E-state index in [9.17, 15) is 14.7 Å². The summed E-state index contributed by atoms with van der Waals surface area (Å²) in [6, 6.07) is 0. The molecule has 2 N–H and O–H groups in total. The number of allylic oxidation sites excluding steroid dienone is 3. The van der Waals surface area contributed by atoms with Gasteiger partial charge in [0, 0.05) is 17.9 Å². The molecule has 0 heterocycles. The van der Waals surface area contributed by atoms with E-state index in [1.807, 2.05) is 46.8 Å². The van der Waals surface area contributed by atoms with Crippen LogP contribution in [0, 0.1) is 22.7 Å². The van der Waals surface area contributed by atoms with Crippen LogP contribution in [-0.2, 0) is 14.3 Å². The van der Waals surface area contributed by atoms with Crippen LogP contribution in [0.4, 0.5) is 0 Å². The van der Waals surface area contributed by atoms with Crippen molar-refractivity contribution in [2.75, 3.05) is 13.2 Å². The van der Waals surface area contributed by atoms with Gasteiger partial charge < -0.3 is 14.9 Å². The Kier molecular flexibility index (Phi) is 6.76. The number of rotatable bonds is 3. The van der Waals surface area contributed by atoms with E-state index in [4.69, 9.17) is 9.84 Å². The predicted octanol–water partition coefficient (Wildman–Crippen LogP) is 2.66. The summed E-state index contributed by atoms with van der Waals surface area (Å²) in [6.45, 7) is 13.6. The molecule has 25 heavy (non-hydrogen) atoms. The molecule has 0 saturated carbocycles. The monoisotopic (exact) mass is 352 g/mol. The molecule has 0 aromatic carbocycles. The van der Waals surface area contributed by atoms with Gasteiger partial charge in [0.25, 0.3) is 0 Å². The summed E-state index contributed by atoms with van der Waals surface area (Å²) in [5, 5.41) is 18.6. The lowest BCUT2D eigenvalue weighted by Gasteiger charge is -2.26. The molecule has 2 aliphatic rings. The quantitative estimate of drug-likeness (QED) is 0.463. The van der Waals surface area contributed by atoms with E-state index < -0.39 is 23.4 Å². The number of hydrogen-bond donors (Lipinski definition) is 2. The van der Waals surface area contributed by atoms with Crippen molar-refractivity contribution in [3.05, 3.63) is 23.3 Å². The van der Waals surface area contributed by atoms with Crippen LogP contribution >= 0.6 is 0 Å². The van der Waals surface area contributed by atoms with Crippen LogP contribution in [0.15, 0.2) is 23.3 Å². The van der Waals surface area contributed by atoms with Gasteiger partial charge in [-0.3, -0.25) is 9.59 Å². The molecule has 0 aromatic rings. The number of carbonyl (C=O) groups is 2. The van der Waals surface area contributed by atoms with E-state index in [0.29, 0.717) is 12.2 Å². The third-order valence-electron chi connectivity index (χ3n) is 5.11. The van der Waals surface area contributed by atoms with Gasteiger partial charge in [0.05, 0.1) is 12.7 Å². The van der Waals surface area contributed by atoms with Gasteiger partial charge in [-0.2, -0.15) is 0 Å². The second kappa shape index (κ2) is 7.83. The molecule has 2 aliphatic carbocycles.